The van der Waals surface area contributed by atoms with E-state index in [1.165, 1.54) is 4.57 Å². The zero-order valence-electron chi connectivity index (χ0n) is 18.1. The first-order valence-electron chi connectivity index (χ1n) is 10.5. The topological polar surface area (TPSA) is 48.9 Å². The van der Waals surface area contributed by atoms with Gasteiger partial charge in [-0.3, -0.25) is 9.36 Å². The van der Waals surface area contributed by atoms with Gasteiger partial charge in [-0.05, 0) is 42.3 Å². The number of hydrogen-bond acceptors (Lipinski definition) is 2. The lowest BCUT2D eigenvalue weighted by atomic mass is 10.1. The molecule has 5 rings (SSSR count). The highest BCUT2D eigenvalue weighted by Gasteiger charge is 2.21. The molecule has 0 aliphatic rings. The third kappa shape index (κ3) is 3.02. The molecule has 5 nitrogen and oxygen atoms in total. The molecular weight excluding hydrogens is 398 g/mol. The minimum atomic E-state index is -0.351. The van der Waals surface area contributed by atoms with Crippen LogP contribution in [0.1, 0.15) is 16.7 Å². The van der Waals surface area contributed by atoms with Crippen LogP contribution in [0.4, 0.5) is 0 Å². The Morgan fingerprint density at radius 1 is 0.906 bits per heavy atom. The van der Waals surface area contributed by atoms with Crippen LogP contribution in [0.5, 0.6) is 0 Å². The van der Waals surface area contributed by atoms with Gasteiger partial charge in [-0.15, -0.1) is 0 Å². The first kappa shape index (κ1) is 19.8. The fourth-order valence-electron chi connectivity index (χ4n) is 4.36. The van der Waals surface area contributed by atoms with Gasteiger partial charge in [0, 0.05) is 12.4 Å². The Morgan fingerprint density at radius 3 is 2.31 bits per heavy atom. The summed E-state index contributed by atoms with van der Waals surface area (Å²) in [6.07, 6.45) is 1.79. The first-order valence-corrected chi connectivity index (χ1v) is 10.5. The van der Waals surface area contributed by atoms with Crippen LogP contribution in [0.3, 0.4) is 0 Å². The van der Waals surface area contributed by atoms with E-state index in [-0.39, 0.29) is 11.2 Å². The summed E-state index contributed by atoms with van der Waals surface area (Å²) in [5, 5.41) is 0.902. The quantitative estimate of drug-likeness (QED) is 0.424. The molecule has 0 aliphatic carbocycles. The van der Waals surface area contributed by atoms with E-state index in [0.29, 0.717) is 23.3 Å². The van der Waals surface area contributed by atoms with Gasteiger partial charge in [-0.2, -0.15) is 0 Å². The summed E-state index contributed by atoms with van der Waals surface area (Å²) >= 11 is 0. The van der Waals surface area contributed by atoms with Gasteiger partial charge in [-0.1, -0.05) is 66.7 Å². The van der Waals surface area contributed by atoms with Gasteiger partial charge in [0.1, 0.15) is 5.52 Å². The van der Waals surface area contributed by atoms with Gasteiger partial charge in [0.25, 0.3) is 5.56 Å². The Hall–Kier alpha value is -4.12. The van der Waals surface area contributed by atoms with Gasteiger partial charge in [0.05, 0.1) is 23.3 Å². The predicted molar refractivity (Wildman–Crippen MR) is 131 cm³/mol. The van der Waals surface area contributed by atoms with Crippen LogP contribution >= 0.6 is 0 Å². The summed E-state index contributed by atoms with van der Waals surface area (Å²) in [5.41, 5.74) is 5.05. The molecule has 5 heteroatoms. The maximum absolute atomic E-state index is 13.8. The largest absolute Gasteiger partial charge is 0.338 e. The molecule has 0 bridgehead atoms. The fourth-order valence-corrected chi connectivity index (χ4v) is 4.36. The van der Waals surface area contributed by atoms with Crippen molar-refractivity contribution in [3.63, 3.8) is 0 Å². The molecule has 0 aliphatic heterocycles. The minimum absolute atomic E-state index is 0.314. The Kier molecular flexibility index (Phi) is 4.67. The van der Waals surface area contributed by atoms with Crippen LogP contribution in [-0.4, -0.2) is 13.7 Å². The van der Waals surface area contributed by atoms with Crippen molar-refractivity contribution in [3.8, 4) is 5.69 Å². The smallest absolute Gasteiger partial charge is 0.336 e. The highest BCUT2D eigenvalue weighted by atomic mass is 16.2. The molecule has 2 aromatic heterocycles. The van der Waals surface area contributed by atoms with Crippen molar-refractivity contribution in [3.05, 3.63) is 117 Å². The minimum Gasteiger partial charge on any atom is -0.338 e. The summed E-state index contributed by atoms with van der Waals surface area (Å²) in [5.74, 6) is 0. The standard InChI is InChI=1S/C27H23N3O2/c1-4-19-11-13-20(14-12-19)17-29-24-22-16-18(2)10-15-23(22)28(3)25(24)26(31)30(27(29)32)21-8-6-5-7-9-21/h4-16H,1,17H2,2-3H3. The normalized spacial score (nSPS) is 11.3. The maximum atomic E-state index is 13.8. The highest BCUT2D eigenvalue weighted by Crippen LogP contribution is 2.27. The Morgan fingerprint density at radius 2 is 1.62 bits per heavy atom. The van der Waals surface area contributed by atoms with Crippen molar-refractivity contribution in [2.75, 3.05) is 0 Å². The summed E-state index contributed by atoms with van der Waals surface area (Å²) in [7, 11) is 1.88. The van der Waals surface area contributed by atoms with E-state index in [9.17, 15) is 9.59 Å². The van der Waals surface area contributed by atoms with Crippen LogP contribution in [0.2, 0.25) is 0 Å². The molecule has 0 N–H and O–H groups in total. The van der Waals surface area contributed by atoms with Crippen LogP contribution in [0.25, 0.3) is 33.7 Å². The van der Waals surface area contributed by atoms with E-state index < -0.39 is 0 Å². The predicted octanol–water partition coefficient (Wildman–Crippen LogP) is 4.64. The van der Waals surface area contributed by atoms with E-state index in [2.05, 4.69) is 6.58 Å². The van der Waals surface area contributed by atoms with Crippen molar-refractivity contribution in [1.82, 2.24) is 13.7 Å². The van der Waals surface area contributed by atoms with Crippen LogP contribution in [0, 0.1) is 6.92 Å². The SMILES string of the molecule is C=Cc1ccc(Cn2c(=O)n(-c3ccccc3)c(=O)c3c2c2cc(C)ccc2n3C)cc1. The lowest BCUT2D eigenvalue weighted by Crippen LogP contribution is -2.39. The average Bonchev–Trinajstić information content (AvgIpc) is 3.09. The van der Waals surface area contributed by atoms with Crippen molar-refractivity contribution >= 4 is 28.0 Å². The van der Waals surface area contributed by atoms with Crippen molar-refractivity contribution in [1.29, 1.82) is 0 Å². The van der Waals surface area contributed by atoms with Crippen LogP contribution in [-0.2, 0) is 13.6 Å². The molecule has 32 heavy (non-hydrogen) atoms. The lowest BCUT2D eigenvalue weighted by Gasteiger charge is -2.13. The molecule has 0 radical (unpaired) electrons. The number of rotatable bonds is 4. The van der Waals surface area contributed by atoms with Crippen LogP contribution in [0.15, 0.2) is 89.0 Å². The van der Waals surface area contributed by atoms with E-state index in [4.69, 9.17) is 0 Å². The van der Waals surface area contributed by atoms with Crippen LogP contribution < -0.4 is 11.2 Å². The molecule has 0 amide bonds. The van der Waals surface area contributed by atoms with E-state index in [0.717, 1.165) is 27.6 Å². The Bertz CT molecular complexity index is 1600. The second kappa shape index (κ2) is 7.54. The Balaban J connectivity index is 1.91. The second-order valence-electron chi connectivity index (χ2n) is 8.07. The molecule has 0 unspecified atom stereocenters. The van der Waals surface area contributed by atoms with Gasteiger partial charge in [-0.25, -0.2) is 9.36 Å². The van der Waals surface area contributed by atoms with Gasteiger partial charge < -0.3 is 4.57 Å². The molecule has 5 aromatic rings. The van der Waals surface area contributed by atoms with Crippen molar-refractivity contribution in [2.45, 2.75) is 13.5 Å². The Labute approximate surface area is 185 Å². The third-order valence-corrected chi connectivity index (χ3v) is 6.00. The first-order chi connectivity index (χ1) is 15.5. The fraction of sp³-hybridized carbons (Fsp3) is 0.111. The molecule has 158 valence electrons. The number of nitrogens with zero attached hydrogens (tertiary/aromatic N) is 3. The molecule has 0 saturated carbocycles. The number of benzene rings is 3. The number of hydrogen-bond donors (Lipinski definition) is 0. The molecule has 0 atom stereocenters. The lowest BCUT2D eigenvalue weighted by molar-refractivity contribution is 0.712. The monoisotopic (exact) mass is 421 g/mol. The summed E-state index contributed by atoms with van der Waals surface area (Å²) in [6, 6.07) is 23.1. The number of aryl methyl sites for hydroxylation is 2. The highest BCUT2D eigenvalue weighted by molar-refractivity contribution is 6.06. The number of fused-ring (bicyclic) bond motifs is 3. The van der Waals surface area contributed by atoms with Gasteiger partial charge in [0.2, 0.25) is 0 Å². The summed E-state index contributed by atoms with van der Waals surface area (Å²) in [4.78, 5) is 27.4. The molecule has 0 spiro atoms. The average molecular weight is 422 g/mol. The third-order valence-electron chi connectivity index (χ3n) is 6.00. The second-order valence-corrected chi connectivity index (χ2v) is 8.07. The zero-order valence-corrected chi connectivity index (χ0v) is 18.1. The van der Waals surface area contributed by atoms with E-state index in [1.54, 1.807) is 22.8 Å². The molecule has 0 fully saturated rings. The van der Waals surface area contributed by atoms with Crippen molar-refractivity contribution < 1.29 is 0 Å². The summed E-state index contributed by atoms with van der Waals surface area (Å²) in [6.45, 7) is 6.17. The molecule has 0 saturated heterocycles. The maximum Gasteiger partial charge on any atom is 0.336 e. The van der Waals surface area contributed by atoms with Crippen molar-refractivity contribution in [2.24, 2.45) is 7.05 Å². The van der Waals surface area contributed by atoms with Gasteiger partial charge in [0.15, 0.2) is 0 Å². The van der Waals surface area contributed by atoms with E-state index >= 15 is 0 Å². The molecule has 3 aromatic carbocycles. The molecular formula is C27H23N3O2. The van der Waals surface area contributed by atoms with E-state index in [1.807, 2.05) is 79.2 Å². The number of aromatic nitrogens is 3. The number of para-hydroxylation sites is 1. The summed E-state index contributed by atoms with van der Waals surface area (Å²) < 4.78 is 4.88. The zero-order chi connectivity index (χ0) is 22.4. The van der Waals surface area contributed by atoms with Gasteiger partial charge >= 0.3 is 5.69 Å². The molecule has 2 heterocycles.